The first kappa shape index (κ1) is 10.6. The Labute approximate surface area is 97.2 Å². The van der Waals surface area contributed by atoms with Crippen molar-refractivity contribution in [3.63, 3.8) is 0 Å². The SMILES string of the molecule is NC1CCC(CNC(=O)C2CC3CC3C2)C1. The van der Waals surface area contributed by atoms with Crippen LogP contribution in [0.3, 0.4) is 0 Å². The summed E-state index contributed by atoms with van der Waals surface area (Å²) in [5.74, 6) is 3.08. The molecule has 4 atom stereocenters. The number of hydrogen-bond donors (Lipinski definition) is 2. The van der Waals surface area contributed by atoms with E-state index in [1.807, 2.05) is 0 Å². The Morgan fingerprint density at radius 3 is 2.50 bits per heavy atom. The van der Waals surface area contributed by atoms with Crippen molar-refractivity contribution in [3.05, 3.63) is 0 Å². The van der Waals surface area contributed by atoms with Gasteiger partial charge >= 0.3 is 0 Å². The largest absolute Gasteiger partial charge is 0.356 e. The molecule has 0 spiro atoms. The van der Waals surface area contributed by atoms with Crippen molar-refractivity contribution in [1.29, 1.82) is 0 Å². The average Bonchev–Trinajstić information content (AvgIpc) is 2.71. The maximum absolute atomic E-state index is 11.9. The fraction of sp³-hybridized carbons (Fsp3) is 0.923. The Kier molecular flexibility index (Phi) is 2.66. The van der Waals surface area contributed by atoms with Crippen LogP contribution in [-0.4, -0.2) is 18.5 Å². The summed E-state index contributed by atoms with van der Waals surface area (Å²) in [7, 11) is 0. The van der Waals surface area contributed by atoms with Crippen LogP contribution < -0.4 is 11.1 Å². The smallest absolute Gasteiger partial charge is 0.223 e. The molecule has 0 heterocycles. The minimum Gasteiger partial charge on any atom is -0.356 e. The molecule has 0 radical (unpaired) electrons. The fourth-order valence-corrected chi connectivity index (χ4v) is 3.62. The molecular weight excluding hydrogens is 200 g/mol. The molecule has 0 aliphatic heterocycles. The van der Waals surface area contributed by atoms with Gasteiger partial charge in [0.15, 0.2) is 0 Å². The van der Waals surface area contributed by atoms with Gasteiger partial charge in [-0.25, -0.2) is 0 Å². The van der Waals surface area contributed by atoms with Crippen LogP contribution in [0.2, 0.25) is 0 Å². The van der Waals surface area contributed by atoms with Gasteiger partial charge in [-0.15, -0.1) is 0 Å². The van der Waals surface area contributed by atoms with Crippen molar-refractivity contribution in [2.45, 2.75) is 44.6 Å². The maximum Gasteiger partial charge on any atom is 0.223 e. The molecule has 3 aliphatic rings. The van der Waals surface area contributed by atoms with Gasteiger partial charge in [-0.1, -0.05) is 0 Å². The molecular formula is C13H22N2O. The summed E-state index contributed by atoms with van der Waals surface area (Å²) in [6, 6.07) is 0.376. The second-order valence-electron chi connectivity index (χ2n) is 6.11. The first-order valence-corrected chi connectivity index (χ1v) is 6.75. The molecule has 0 saturated heterocycles. The van der Waals surface area contributed by atoms with Crippen LogP contribution >= 0.6 is 0 Å². The van der Waals surface area contributed by atoms with E-state index in [9.17, 15) is 4.79 Å². The molecule has 3 rings (SSSR count). The van der Waals surface area contributed by atoms with E-state index in [4.69, 9.17) is 5.73 Å². The highest BCUT2D eigenvalue weighted by Gasteiger charge is 2.47. The van der Waals surface area contributed by atoms with Gasteiger partial charge in [0.25, 0.3) is 0 Å². The molecule has 3 aliphatic carbocycles. The Bertz CT molecular complexity index is 282. The van der Waals surface area contributed by atoms with Crippen LogP contribution in [-0.2, 0) is 4.79 Å². The van der Waals surface area contributed by atoms with Crippen LogP contribution in [0.15, 0.2) is 0 Å². The summed E-state index contributed by atoms with van der Waals surface area (Å²) < 4.78 is 0. The Morgan fingerprint density at radius 2 is 1.88 bits per heavy atom. The van der Waals surface area contributed by atoms with Gasteiger partial charge in [-0.05, 0) is 56.3 Å². The highest BCUT2D eigenvalue weighted by atomic mass is 16.1. The van der Waals surface area contributed by atoms with E-state index in [1.165, 1.54) is 12.8 Å². The van der Waals surface area contributed by atoms with Gasteiger partial charge in [0, 0.05) is 18.5 Å². The highest BCUT2D eigenvalue weighted by Crippen LogP contribution is 2.54. The predicted octanol–water partition coefficient (Wildman–Crippen LogP) is 1.28. The predicted molar refractivity (Wildman–Crippen MR) is 62.6 cm³/mol. The third kappa shape index (κ3) is 2.10. The lowest BCUT2D eigenvalue weighted by Crippen LogP contribution is -2.33. The summed E-state index contributed by atoms with van der Waals surface area (Å²) in [6.07, 6.45) is 7.12. The third-order valence-corrected chi connectivity index (χ3v) is 4.76. The van der Waals surface area contributed by atoms with E-state index < -0.39 is 0 Å². The lowest BCUT2D eigenvalue weighted by Gasteiger charge is -2.15. The summed E-state index contributed by atoms with van der Waals surface area (Å²) in [4.78, 5) is 11.9. The van der Waals surface area contributed by atoms with Crippen LogP contribution in [0.4, 0.5) is 0 Å². The molecule has 3 nitrogen and oxygen atoms in total. The van der Waals surface area contributed by atoms with Gasteiger partial charge in [-0.3, -0.25) is 4.79 Å². The second kappa shape index (κ2) is 4.02. The van der Waals surface area contributed by atoms with Gasteiger partial charge < -0.3 is 11.1 Å². The standard InChI is InChI=1S/C13H22N2O/c14-12-2-1-8(3-12)7-15-13(16)11-5-9-4-10(9)6-11/h8-12H,1-7,14H2,(H,15,16). The molecule has 3 saturated carbocycles. The van der Waals surface area contributed by atoms with Crippen molar-refractivity contribution in [1.82, 2.24) is 5.32 Å². The number of nitrogens with two attached hydrogens (primary N) is 1. The molecule has 0 aromatic carbocycles. The van der Waals surface area contributed by atoms with E-state index in [1.54, 1.807) is 0 Å². The molecule has 3 N–H and O–H groups in total. The molecule has 3 heteroatoms. The first-order chi connectivity index (χ1) is 7.72. The van der Waals surface area contributed by atoms with E-state index >= 15 is 0 Å². The van der Waals surface area contributed by atoms with E-state index in [0.29, 0.717) is 23.8 Å². The number of rotatable bonds is 3. The van der Waals surface area contributed by atoms with Crippen molar-refractivity contribution in [2.75, 3.05) is 6.54 Å². The topological polar surface area (TPSA) is 55.1 Å². The van der Waals surface area contributed by atoms with Crippen molar-refractivity contribution < 1.29 is 4.79 Å². The molecule has 0 aromatic heterocycles. The summed E-state index contributed by atoms with van der Waals surface area (Å²) in [5.41, 5.74) is 5.86. The Balaban J connectivity index is 1.40. The van der Waals surface area contributed by atoms with Gasteiger partial charge in [0.2, 0.25) is 5.91 Å². The number of nitrogens with one attached hydrogen (secondary N) is 1. The number of hydrogen-bond acceptors (Lipinski definition) is 2. The van der Waals surface area contributed by atoms with Gasteiger partial charge in [-0.2, -0.15) is 0 Å². The quantitative estimate of drug-likeness (QED) is 0.755. The van der Waals surface area contributed by atoms with Crippen molar-refractivity contribution >= 4 is 5.91 Å². The average molecular weight is 222 g/mol. The number of fused-ring (bicyclic) bond motifs is 1. The number of carbonyl (C=O) groups is 1. The number of amides is 1. The molecule has 90 valence electrons. The zero-order valence-electron chi connectivity index (χ0n) is 9.82. The molecule has 3 fully saturated rings. The molecule has 4 unspecified atom stereocenters. The van der Waals surface area contributed by atoms with E-state index in [2.05, 4.69) is 5.32 Å². The maximum atomic E-state index is 11.9. The van der Waals surface area contributed by atoms with Gasteiger partial charge in [0.1, 0.15) is 0 Å². The Hall–Kier alpha value is -0.570. The van der Waals surface area contributed by atoms with Crippen molar-refractivity contribution in [3.8, 4) is 0 Å². The lowest BCUT2D eigenvalue weighted by atomic mass is 10.0. The van der Waals surface area contributed by atoms with Gasteiger partial charge in [0.05, 0.1) is 0 Å². The van der Waals surface area contributed by atoms with E-state index in [-0.39, 0.29) is 0 Å². The molecule has 0 aromatic rings. The third-order valence-electron chi connectivity index (χ3n) is 4.76. The normalized spacial score (nSPS) is 45.4. The van der Waals surface area contributed by atoms with Crippen LogP contribution in [0.5, 0.6) is 0 Å². The summed E-state index contributed by atoms with van der Waals surface area (Å²) >= 11 is 0. The molecule has 0 bridgehead atoms. The van der Waals surface area contributed by atoms with Crippen LogP contribution in [0.25, 0.3) is 0 Å². The second-order valence-corrected chi connectivity index (χ2v) is 6.11. The minimum atomic E-state index is 0.313. The minimum absolute atomic E-state index is 0.313. The van der Waals surface area contributed by atoms with E-state index in [0.717, 1.165) is 44.1 Å². The zero-order valence-corrected chi connectivity index (χ0v) is 9.82. The highest BCUT2D eigenvalue weighted by molar-refractivity contribution is 5.79. The zero-order chi connectivity index (χ0) is 11.1. The number of carbonyl (C=O) groups excluding carboxylic acids is 1. The summed E-state index contributed by atoms with van der Waals surface area (Å²) in [5, 5.41) is 3.13. The van der Waals surface area contributed by atoms with Crippen molar-refractivity contribution in [2.24, 2.45) is 29.4 Å². The lowest BCUT2D eigenvalue weighted by molar-refractivity contribution is -0.125. The van der Waals surface area contributed by atoms with Crippen LogP contribution in [0.1, 0.15) is 38.5 Å². The first-order valence-electron chi connectivity index (χ1n) is 6.75. The Morgan fingerprint density at radius 1 is 1.12 bits per heavy atom. The monoisotopic (exact) mass is 222 g/mol. The summed E-state index contributed by atoms with van der Waals surface area (Å²) in [6.45, 7) is 0.859. The molecule has 1 amide bonds. The molecule has 16 heavy (non-hydrogen) atoms. The fourth-order valence-electron chi connectivity index (χ4n) is 3.62. The van der Waals surface area contributed by atoms with Crippen LogP contribution in [0, 0.1) is 23.7 Å².